The number of benzene rings is 2. The Bertz CT molecular complexity index is 1020. The number of rotatable bonds is 4. The van der Waals surface area contributed by atoms with E-state index in [4.69, 9.17) is 4.42 Å². The van der Waals surface area contributed by atoms with E-state index in [0.29, 0.717) is 17.1 Å². The molecule has 5 nitrogen and oxygen atoms in total. The fraction of sp³-hybridized carbons (Fsp3) is 0.0500. The third-order valence-corrected chi connectivity index (χ3v) is 4.03. The van der Waals surface area contributed by atoms with Crippen LogP contribution in [0.5, 0.6) is 0 Å². The van der Waals surface area contributed by atoms with Crippen LogP contribution >= 0.6 is 0 Å². The van der Waals surface area contributed by atoms with Gasteiger partial charge in [-0.15, -0.1) is 0 Å². The number of para-hydroxylation sites is 2. The van der Waals surface area contributed by atoms with Crippen LogP contribution in [0.4, 0.5) is 0 Å². The van der Waals surface area contributed by atoms with Crippen LogP contribution in [-0.2, 0) is 6.42 Å². The number of aromatic nitrogens is 2. The minimum atomic E-state index is -0.337. The Morgan fingerprint density at radius 1 is 0.731 bits per heavy atom. The van der Waals surface area contributed by atoms with Crippen molar-refractivity contribution in [3.8, 4) is 11.4 Å². The second-order valence-electron chi connectivity index (χ2n) is 5.64. The van der Waals surface area contributed by atoms with Crippen molar-refractivity contribution >= 4 is 0 Å². The van der Waals surface area contributed by atoms with Crippen LogP contribution in [0, 0.1) is 0 Å². The maximum atomic E-state index is 13.0. The quantitative estimate of drug-likeness (QED) is 0.380. The predicted octanol–water partition coefficient (Wildman–Crippen LogP) is -0.105. The van der Waals surface area contributed by atoms with E-state index in [-0.39, 0.29) is 52.7 Å². The Hall–Kier alpha value is -2.47. The topological polar surface area (TPSA) is 57.1 Å². The van der Waals surface area contributed by atoms with Crippen LogP contribution in [0.25, 0.3) is 11.4 Å². The van der Waals surface area contributed by atoms with Gasteiger partial charge in [0.05, 0.1) is 23.4 Å². The van der Waals surface area contributed by atoms with Crippen molar-refractivity contribution in [2.24, 2.45) is 0 Å². The van der Waals surface area contributed by atoms with Gasteiger partial charge in [-0.05, 0) is 36.4 Å². The molecule has 0 saturated carbocycles. The molecular formula is C20H15N2NaO3. The molecule has 26 heavy (non-hydrogen) atoms. The molecule has 0 saturated heterocycles. The monoisotopic (exact) mass is 354 g/mol. The SMILES string of the molecule is O=c1[c-](Cc2ccco2)c(=O)n(-c2ccccc2)n1-c1ccccc1.[Na+]. The van der Waals surface area contributed by atoms with Crippen molar-refractivity contribution in [3.63, 3.8) is 0 Å². The van der Waals surface area contributed by atoms with E-state index in [2.05, 4.69) is 0 Å². The van der Waals surface area contributed by atoms with E-state index in [0.717, 1.165) is 0 Å². The van der Waals surface area contributed by atoms with Crippen LogP contribution in [0.2, 0.25) is 0 Å². The van der Waals surface area contributed by atoms with Gasteiger partial charge in [-0.2, -0.15) is 5.56 Å². The van der Waals surface area contributed by atoms with Gasteiger partial charge >= 0.3 is 29.6 Å². The zero-order valence-corrected chi connectivity index (χ0v) is 16.3. The standard InChI is InChI=1S/C20H15N2O3.Na/c23-19-18(14-17-12-7-13-25-17)20(24)22(16-10-5-2-6-11-16)21(19)15-8-3-1-4-9-15;/h1-13H,14H2;/q-1;+1. The summed E-state index contributed by atoms with van der Waals surface area (Å²) in [6.07, 6.45) is 1.70. The molecule has 2 heterocycles. The molecule has 2 aromatic carbocycles. The van der Waals surface area contributed by atoms with Crippen LogP contribution < -0.4 is 40.7 Å². The fourth-order valence-electron chi connectivity index (χ4n) is 2.87. The van der Waals surface area contributed by atoms with Crippen LogP contribution in [0.3, 0.4) is 0 Å². The van der Waals surface area contributed by atoms with E-state index in [9.17, 15) is 9.59 Å². The molecule has 0 radical (unpaired) electrons. The maximum absolute atomic E-state index is 13.0. The van der Waals surface area contributed by atoms with Gasteiger partial charge in [0.25, 0.3) is 0 Å². The van der Waals surface area contributed by atoms with Gasteiger partial charge in [-0.1, -0.05) is 42.8 Å². The third-order valence-electron chi connectivity index (χ3n) is 4.03. The zero-order valence-electron chi connectivity index (χ0n) is 14.3. The largest absolute Gasteiger partial charge is 1.00 e. The van der Waals surface area contributed by atoms with Gasteiger partial charge in [0.1, 0.15) is 11.1 Å². The van der Waals surface area contributed by atoms with Crippen molar-refractivity contribution < 1.29 is 34.0 Å². The van der Waals surface area contributed by atoms with Gasteiger partial charge in [0.15, 0.2) is 0 Å². The van der Waals surface area contributed by atoms with Crippen LogP contribution in [0.1, 0.15) is 11.3 Å². The molecular weight excluding hydrogens is 339 g/mol. The second-order valence-corrected chi connectivity index (χ2v) is 5.64. The Balaban J connectivity index is 0.00000196. The van der Waals surface area contributed by atoms with E-state index >= 15 is 0 Å². The average Bonchev–Trinajstić information content (AvgIpc) is 3.25. The summed E-state index contributed by atoms with van der Waals surface area (Å²) in [5.41, 5.74) is 0.786. The summed E-state index contributed by atoms with van der Waals surface area (Å²) < 4.78 is 8.14. The summed E-state index contributed by atoms with van der Waals surface area (Å²) in [6, 6.07) is 21.8. The Kier molecular flexibility index (Phi) is 5.52. The average molecular weight is 354 g/mol. The molecule has 2 aromatic heterocycles. The summed E-state index contributed by atoms with van der Waals surface area (Å²) >= 11 is 0. The van der Waals surface area contributed by atoms with Crippen molar-refractivity contribution in [2.45, 2.75) is 6.42 Å². The summed E-state index contributed by atoms with van der Waals surface area (Å²) in [5, 5.41) is 0. The molecule has 124 valence electrons. The fourth-order valence-corrected chi connectivity index (χ4v) is 2.87. The van der Waals surface area contributed by atoms with E-state index in [1.165, 1.54) is 15.6 Å². The molecule has 0 spiro atoms. The molecule has 0 fully saturated rings. The molecule has 0 unspecified atom stereocenters. The Morgan fingerprint density at radius 2 is 1.23 bits per heavy atom. The first-order valence-electron chi connectivity index (χ1n) is 7.93. The molecule has 0 bridgehead atoms. The molecule has 6 heteroatoms. The minimum Gasteiger partial charge on any atom is -0.472 e. The van der Waals surface area contributed by atoms with Gasteiger partial charge < -0.3 is 14.0 Å². The van der Waals surface area contributed by atoms with Crippen molar-refractivity contribution in [1.82, 2.24) is 9.36 Å². The van der Waals surface area contributed by atoms with Crippen molar-refractivity contribution in [2.75, 3.05) is 0 Å². The first kappa shape index (κ1) is 18.3. The van der Waals surface area contributed by atoms with Gasteiger partial charge in [0.2, 0.25) is 0 Å². The summed E-state index contributed by atoms with van der Waals surface area (Å²) in [5.74, 6) is 0.583. The van der Waals surface area contributed by atoms with E-state index in [1.807, 2.05) is 36.4 Å². The summed E-state index contributed by atoms with van der Waals surface area (Å²) in [7, 11) is 0. The van der Waals surface area contributed by atoms with Gasteiger partial charge in [-0.25, -0.2) is 9.36 Å². The van der Waals surface area contributed by atoms with Gasteiger partial charge in [-0.3, -0.25) is 0 Å². The van der Waals surface area contributed by atoms with Crippen LogP contribution in [0.15, 0.2) is 93.1 Å². The Labute approximate surface area is 171 Å². The molecule has 0 N–H and O–H groups in total. The Morgan fingerprint density at radius 3 is 1.65 bits per heavy atom. The van der Waals surface area contributed by atoms with E-state index in [1.54, 1.807) is 36.4 Å². The van der Waals surface area contributed by atoms with Gasteiger partial charge in [0, 0.05) is 0 Å². The van der Waals surface area contributed by atoms with E-state index < -0.39 is 0 Å². The molecule has 0 aliphatic carbocycles. The molecule has 4 aromatic rings. The third kappa shape index (κ3) is 3.29. The second kappa shape index (κ2) is 7.83. The summed E-state index contributed by atoms with van der Waals surface area (Å²) in [6.45, 7) is 0. The molecule has 0 amide bonds. The predicted molar refractivity (Wildman–Crippen MR) is 94.7 cm³/mol. The van der Waals surface area contributed by atoms with Crippen LogP contribution in [-0.4, -0.2) is 9.36 Å². The number of nitrogens with zero attached hydrogens (tertiary/aromatic N) is 2. The first-order chi connectivity index (χ1) is 12.3. The molecule has 0 atom stereocenters. The molecule has 0 aliphatic rings. The van der Waals surface area contributed by atoms with Crippen molar-refractivity contribution in [3.05, 3.63) is 111 Å². The normalized spacial score (nSPS) is 10.5. The van der Waals surface area contributed by atoms with Crippen molar-refractivity contribution in [1.29, 1.82) is 0 Å². The number of hydrogen-bond acceptors (Lipinski definition) is 3. The summed E-state index contributed by atoms with van der Waals surface area (Å²) in [4.78, 5) is 26.0. The zero-order chi connectivity index (χ0) is 17.2. The number of hydrogen-bond donors (Lipinski definition) is 0. The molecule has 0 aliphatic heterocycles. The molecule has 4 rings (SSSR count). The maximum Gasteiger partial charge on any atom is 1.00 e. The minimum absolute atomic E-state index is 0. The number of furan rings is 1. The first-order valence-corrected chi connectivity index (χ1v) is 7.93. The smallest absolute Gasteiger partial charge is 0.472 e.